The van der Waals surface area contributed by atoms with Gasteiger partial charge in [0.05, 0.1) is 28.4 Å². The van der Waals surface area contributed by atoms with Gasteiger partial charge in [-0.1, -0.05) is 91.0 Å². The first-order valence-electron chi connectivity index (χ1n) is 12.9. The van der Waals surface area contributed by atoms with E-state index in [1.165, 1.54) is 33.5 Å². The molecule has 0 fully saturated rings. The zero-order valence-corrected chi connectivity index (χ0v) is 22.0. The summed E-state index contributed by atoms with van der Waals surface area (Å²) in [5, 5.41) is 0. The van der Waals surface area contributed by atoms with Crippen molar-refractivity contribution in [2.24, 2.45) is 0 Å². The van der Waals surface area contributed by atoms with E-state index in [0.717, 1.165) is 29.3 Å². The summed E-state index contributed by atoms with van der Waals surface area (Å²) in [6, 6.07) is 38.8. The first-order valence-corrected chi connectivity index (χ1v) is 12.9. The molecule has 1 aromatic heterocycles. The van der Waals surface area contributed by atoms with Crippen molar-refractivity contribution in [3.05, 3.63) is 127 Å². The fraction of sp³-hybridized carbons (Fsp3) is 0.147. The maximum Gasteiger partial charge on any atom is 0.0654 e. The number of benzene rings is 4. The van der Waals surface area contributed by atoms with E-state index >= 15 is 0 Å². The second-order valence-electron chi connectivity index (χ2n) is 9.29. The average molecular weight is 484 g/mol. The van der Waals surface area contributed by atoms with Gasteiger partial charge >= 0.3 is 0 Å². The molecule has 0 aliphatic carbocycles. The number of rotatable bonds is 7. The van der Waals surface area contributed by atoms with Crippen molar-refractivity contribution >= 4 is 22.7 Å². The predicted octanol–water partition coefficient (Wildman–Crippen LogP) is 8.96. The Bertz CT molecular complexity index is 1410. The van der Waals surface area contributed by atoms with Crippen LogP contribution in [0.1, 0.15) is 18.2 Å². The summed E-state index contributed by atoms with van der Waals surface area (Å²) in [5.41, 5.74) is 11.7. The molecule has 0 amide bonds. The van der Waals surface area contributed by atoms with Crippen molar-refractivity contribution in [2.45, 2.75) is 20.8 Å². The highest BCUT2D eigenvalue weighted by atomic mass is 15.2. The highest BCUT2D eigenvalue weighted by molar-refractivity contribution is 5.96. The fourth-order valence-electron chi connectivity index (χ4n) is 5.27. The topological polar surface area (TPSA) is 19.4 Å². The van der Waals surface area contributed by atoms with Gasteiger partial charge in [0.15, 0.2) is 0 Å². The van der Waals surface area contributed by atoms with Crippen molar-refractivity contribution < 1.29 is 0 Å². The Morgan fingerprint density at radius 1 is 0.595 bits per heavy atom. The van der Waals surface area contributed by atoms with Crippen LogP contribution in [0.3, 0.4) is 0 Å². The predicted molar refractivity (Wildman–Crippen MR) is 158 cm³/mol. The summed E-state index contributed by atoms with van der Waals surface area (Å²) >= 11 is 0. The van der Waals surface area contributed by atoms with Crippen LogP contribution >= 0.6 is 0 Å². The van der Waals surface area contributed by atoms with E-state index in [4.69, 9.17) is 0 Å². The SMILES string of the molecule is CCN(c1ccccc1N(C)c1c(C)ccnc1C)c1c(-c2ccccc2)cccc1-c1ccccc1. The highest BCUT2D eigenvalue weighted by Crippen LogP contribution is 2.46. The van der Waals surface area contributed by atoms with Crippen LogP contribution in [0.15, 0.2) is 115 Å². The molecule has 0 aliphatic heterocycles. The molecule has 3 heteroatoms. The summed E-state index contributed by atoms with van der Waals surface area (Å²) in [5.74, 6) is 0. The molecule has 0 unspecified atom stereocenters. The number of aromatic nitrogens is 1. The molecule has 0 bridgehead atoms. The third-order valence-electron chi connectivity index (χ3n) is 6.97. The fourth-order valence-corrected chi connectivity index (χ4v) is 5.27. The summed E-state index contributed by atoms with van der Waals surface area (Å²) in [6.45, 7) is 7.28. The number of para-hydroxylation sites is 3. The number of aryl methyl sites for hydroxylation is 2. The molecule has 0 radical (unpaired) electrons. The minimum atomic E-state index is 0.819. The third kappa shape index (κ3) is 4.73. The van der Waals surface area contributed by atoms with Crippen LogP contribution in [0, 0.1) is 13.8 Å². The van der Waals surface area contributed by atoms with E-state index in [1.807, 2.05) is 6.20 Å². The van der Waals surface area contributed by atoms with Gasteiger partial charge in [-0.25, -0.2) is 0 Å². The highest BCUT2D eigenvalue weighted by Gasteiger charge is 2.23. The first kappa shape index (κ1) is 24.3. The lowest BCUT2D eigenvalue weighted by atomic mass is 9.94. The van der Waals surface area contributed by atoms with E-state index in [1.54, 1.807) is 0 Å². The normalized spacial score (nSPS) is 10.8. The molecule has 3 nitrogen and oxygen atoms in total. The van der Waals surface area contributed by atoms with Crippen molar-refractivity contribution in [3.8, 4) is 22.3 Å². The maximum atomic E-state index is 4.59. The molecule has 5 aromatic rings. The van der Waals surface area contributed by atoms with E-state index in [0.29, 0.717) is 0 Å². The van der Waals surface area contributed by atoms with Crippen molar-refractivity contribution in [1.82, 2.24) is 4.98 Å². The zero-order chi connectivity index (χ0) is 25.8. The monoisotopic (exact) mass is 483 g/mol. The van der Waals surface area contributed by atoms with Crippen LogP contribution in [-0.4, -0.2) is 18.6 Å². The van der Waals surface area contributed by atoms with Gasteiger partial charge in [0.25, 0.3) is 0 Å². The quantitative estimate of drug-likeness (QED) is 0.230. The van der Waals surface area contributed by atoms with Crippen molar-refractivity contribution in [3.63, 3.8) is 0 Å². The number of pyridine rings is 1. The Hall–Kier alpha value is -4.37. The van der Waals surface area contributed by atoms with Gasteiger partial charge < -0.3 is 9.80 Å². The Morgan fingerprint density at radius 2 is 1.14 bits per heavy atom. The Balaban J connectivity index is 1.75. The lowest BCUT2D eigenvalue weighted by molar-refractivity contribution is 1.01. The number of anilines is 4. The molecular formula is C34H33N3. The lowest BCUT2D eigenvalue weighted by Gasteiger charge is -2.33. The van der Waals surface area contributed by atoms with Crippen LogP contribution in [0.5, 0.6) is 0 Å². The molecule has 0 N–H and O–H groups in total. The van der Waals surface area contributed by atoms with Crippen LogP contribution < -0.4 is 9.80 Å². The zero-order valence-electron chi connectivity index (χ0n) is 22.0. The first-order chi connectivity index (χ1) is 18.1. The molecule has 37 heavy (non-hydrogen) atoms. The Morgan fingerprint density at radius 3 is 1.68 bits per heavy atom. The van der Waals surface area contributed by atoms with Gasteiger partial charge in [-0.2, -0.15) is 0 Å². The maximum absolute atomic E-state index is 4.59. The van der Waals surface area contributed by atoms with Gasteiger partial charge in [0, 0.05) is 30.9 Å². The van der Waals surface area contributed by atoms with Crippen LogP contribution in [0.4, 0.5) is 22.7 Å². The summed E-state index contributed by atoms with van der Waals surface area (Å²) < 4.78 is 0. The van der Waals surface area contributed by atoms with Gasteiger partial charge in [-0.15, -0.1) is 0 Å². The molecule has 1 heterocycles. The molecular weight excluding hydrogens is 450 g/mol. The third-order valence-corrected chi connectivity index (χ3v) is 6.97. The Labute approximate surface area is 220 Å². The van der Waals surface area contributed by atoms with Gasteiger partial charge in [0.1, 0.15) is 0 Å². The largest absolute Gasteiger partial charge is 0.341 e. The minimum Gasteiger partial charge on any atom is -0.341 e. The Kier molecular flexibility index (Phi) is 7.04. The molecule has 0 atom stereocenters. The van der Waals surface area contributed by atoms with E-state index in [9.17, 15) is 0 Å². The molecule has 4 aromatic carbocycles. The molecule has 0 aliphatic rings. The van der Waals surface area contributed by atoms with Crippen LogP contribution in [0.2, 0.25) is 0 Å². The molecule has 0 spiro atoms. The average Bonchev–Trinajstić information content (AvgIpc) is 2.94. The molecule has 0 saturated carbocycles. The van der Waals surface area contributed by atoms with Crippen LogP contribution in [0.25, 0.3) is 22.3 Å². The molecule has 5 rings (SSSR count). The van der Waals surface area contributed by atoms with Crippen molar-refractivity contribution in [2.75, 3.05) is 23.4 Å². The second kappa shape index (κ2) is 10.7. The number of nitrogens with zero attached hydrogens (tertiary/aromatic N) is 3. The van der Waals surface area contributed by atoms with E-state index < -0.39 is 0 Å². The minimum absolute atomic E-state index is 0.819. The van der Waals surface area contributed by atoms with E-state index in [-0.39, 0.29) is 0 Å². The van der Waals surface area contributed by atoms with Gasteiger partial charge in [-0.05, 0) is 55.7 Å². The summed E-state index contributed by atoms with van der Waals surface area (Å²) in [4.78, 5) is 9.33. The van der Waals surface area contributed by atoms with Crippen LogP contribution in [-0.2, 0) is 0 Å². The second-order valence-corrected chi connectivity index (χ2v) is 9.29. The summed E-state index contributed by atoms with van der Waals surface area (Å²) in [7, 11) is 2.14. The number of hydrogen-bond donors (Lipinski definition) is 0. The molecule has 0 saturated heterocycles. The lowest BCUT2D eigenvalue weighted by Crippen LogP contribution is -2.22. The summed E-state index contributed by atoms with van der Waals surface area (Å²) in [6.07, 6.45) is 1.88. The standard InChI is InChI=1S/C34H33N3/c1-5-37(32-22-13-12-21-31(32)36(4)33-25(2)23-24-35-26(33)3)34-29(27-15-8-6-9-16-27)19-14-20-30(34)28-17-10-7-11-18-28/h6-24H,5H2,1-4H3. The van der Waals surface area contributed by atoms with Crippen molar-refractivity contribution in [1.29, 1.82) is 0 Å². The van der Waals surface area contributed by atoms with E-state index in [2.05, 4.69) is 152 Å². The molecule has 184 valence electrons. The number of hydrogen-bond acceptors (Lipinski definition) is 3. The smallest absolute Gasteiger partial charge is 0.0654 e. The van der Waals surface area contributed by atoms with Gasteiger partial charge in [0.2, 0.25) is 0 Å². The van der Waals surface area contributed by atoms with Gasteiger partial charge in [-0.3, -0.25) is 4.98 Å².